The van der Waals surface area contributed by atoms with E-state index in [0.29, 0.717) is 19.5 Å². The van der Waals surface area contributed by atoms with E-state index in [1.807, 2.05) is 35.2 Å². The zero-order valence-electron chi connectivity index (χ0n) is 12.8. The smallest absolute Gasteiger partial charge is 0.303 e. The Morgan fingerprint density at radius 3 is 2.59 bits per heavy atom. The van der Waals surface area contributed by atoms with Gasteiger partial charge in [0.2, 0.25) is 5.91 Å². The van der Waals surface area contributed by atoms with Crippen molar-refractivity contribution in [2.45, 2.75) is 38.6 Å². The summed E-state index contributed by atoms with van der Waals surface area (Å²) in [5, 5.41) is 8.79. The number of amides is 1. The third kappa shape index (κ3) is 5.02. The summed E-state index contributed by atoms with van der Waals surface area (Å²) in [5.74, 6) is -0.621. The van der Waals surface area contributed by atoms with Crippen LogP contribution in [0.25, 0.3) is 0 Å². The maximum Gasteiger partial charge on any atom is 0.303 e. The second kappa shape index (κ2) is 8.37. The molecule has 4 heteroatoms. The van der Waals surface area contributed by atoms with Crippen molar-refractivity contribution in [2.24, 2.45) is 5.92 Å². The van der Waals surface area contributed by atoms with E-state index in [1.165, 1.54) is 0 Å². The Hall–Kier alpha value is -2.10. The maximum absolute atomic E-state index is 12.7. The number of benzene rings is 1. The summed E-state index contributed by atoms with van der Waals surface area (Å²) < 4.78 is 0. The number of carbonyl (C=O) groups is 2. The van der Waals surface area contributed by atoms with Gasteiger partial charge < -0.3 is 10.0 Å². The van der Waals surface area contributed by atoms with E-state index >= 15 is 0 Å². The van der Waals surface area contributed by atoms with E-state index in [1.54, 1.807) is 0 Å². The average Bonchev–Trinajstić information content (AvgIpc) is 2.55. The first-order valence-corrected chi connectivity index (χ1v) is 7.86. The van der Waals surface area contributed by atoms with Gasteiger partial charge in [0.15, 0.2) is 0 Å². The second-order valence-electron chi connectivity index (χ2n) is 5.72. The molecular formula is C18H23NO3. The van der Waals surface area contributed by atoms with Crippen LogP contribution in [-0.4, -0.2) is 28.4 Å². The maximum atomic E-state index is 12.7. The van der Waals surface area contributed by atoms with Crippen molar-refractivity contribution in [1.82, 2.24) is 4.90 Å². The topological polar surface area (TPSA) is 57.6 Å². The fraction of sp³-hybridized carbons (Fsp3) is 0.444. The van der Waals surface area contributed by atoms with Crippen molar-refractivity contribution < 1.29 is 14.7 Å². The molecular weight excluding hydrogens is 278 g/mol. The lowest BCUT2D eigenvalue weighted by Crippen LogP contribution is -2.37. The Morgan fingerprint density at radius 2 is 1.95 bits per heavy atom. The molecule has 1 N–H and O–H groups in total. The van der Waals surface area contributed by atoms with E-state index in [9.17, 15) is 9.59 Å². The predicted molar refractivity (Wildman–Crippen MR) is 85.2 cm³/mol. The van der Waals surface area contributed by atoms with E-state index < -0.39 is 5.97 Å². The van der Waals surface area contributed by atoms with Crippen LogP contribution in [0.4, 0.5) is 0 Å². The Balaban J connectivity index is 2.01. The number of hydrogen-bond donors (Lipinski definition) is 1. The molecule has 1 unspecified atom stereocenters. The third-order valence-electron chi connectivity index (χ3n) is 3.96. The Morgan fingerprint density at radius 1 is 1.18 bits per heavy atom. The summed E-state index contributed by atoms with van der Waals surface area (Å²) in [7, 11) is 0. The zero-order valence-corrected chi connectivity index (χ0v) is 12.8. The number of aliphatic carboxylic acids is 1. The second-order valence-corrected chi connectivity index (χ2v) is 5.72. The first-order chi connectivity index (χ1) is 10.7. The number of carboxylic acid groups (broad SMARTS) is 1. The molecule has 1 amide bonds. The molecule has 2 rings (SSSR count). The highest BCUT2D eigenvalue weighted by Gasteiger charge is 2.24. The standard InChI is InChI=1S/C18H23NO3/c20-17(21)12-7-13-19(14-15-8-3-1-4-9-15)18(22)16-10-5-2-6-11-16/h1-5,8-9,16H,6-7,10-14H2,(H,20,21). The van der Waals surface area contributed by atoms with Crippen LogP contribution < -0.4 is 0 Å². The Labute approximate surface area is 131 Å². The number of nitrogens with zero attached hydrogens (tertiary/aromatic N) is 1. The fourth-order valence-corrected chi connectivity index (χ4v) is 2.77. The van der Waals surface area contributed by atoms with Crippen molar-refractivity contribution in [3.05, 3.63) is 48.0 Å². The molecule has 1 aromatic carbocycles. The third-order valence-corrected chi connectivity index (χ3v) is 3.96. The molecule has 22 heavy (non-hydrogen) atoms. The van der Waals surface area contributed by atoms with Crippen LogP contribution in [0.3, 0.4) is 0 Å². The molecule has 0 radical (unpaired) electrons. The monoisotopic (exact) mass is 301 g/mol. The minimum Gasteiger partial charge on any atom is -0.481 e. The molecule has 0 fully saturated rings. The summed E-state index contributed by atoms with van der Waals surface area (Å²) in [6.45, 7) is 1.06. The van der Waals surface area contributed by atoms with Gasteiger partial charge in [0.1, 0.15) is 0 Å². The number of carboxylic acids is 1. The summed E-state index contributed by atoms with van der Waals surface area (Å²) in [5.41, 5.74) is 1.08. The molecule has 1 aliphatic carbocycles. The summed E-state index contributed by atoms with van der Waals surface area (Å²) in [6.07, 6.45) is 7.42. The zero-order chi connectivity index (χ0) is 15.8. The molecule has 0 heterocycles. The van der Waals surface area contributed by atoms with Crippen LogP contribution in [0.1, 0.15) is 37.7 Å². The molecule has 1 aromatic rings. The van der Waals surface area contributed by atoms with Gasteiger partial charge >= 0.3 is 5.97 Å². The van der Waals surface area contributed by atoms with E-state index in [-0.39, 0.29) is 18.2 Å². The fourth-order valence-electron chi connectivity index (χ4n) is 2.77. The highest BCUT2D eigenvalue weighted by atomic mass is 16.4. The molecule has 1 aliphatic rings. The summed E-state index contributed by atoms with van der Waals surface area (Å²) in [4.78, 5) is 25.2. The molecule has 4 nitrogen and oxygen atoms in total. The van der Waals surface area contributed by atoms with Crippen molar-refractivity contribution in [3.8, 4) is 0 Å². The van der Waals surface area contributed by atoms with Crippen molar-refractivity contribution >= 4 is 11.9 Å². The van der Waals surface area contributed by atoms with Gasteiger partial charge in [0.25, 0.3) is 0 Å². The molecule has 0 spiro atoms. The molecule has 0 saturated carbocycles. The van der Waals surface area contributed by atoms with Crippen molar-refractivity contribution in [1.29, 1.82) is 0 Å². The highest BCUT2D eigenvalue weighted by molar-refractivity contribution is 5.79. The van der Waals surface area contributed by atoms with Gasteiger partial charge in [-0.25, -0.2) is 0 Å². The Bertz CT molecular complexity index is 524. The molecule has 1 atom stereocenters. The van der Waals surface area contributed by atoms with Crippen molar-refractivity contribution in [2.75, 3.05) is 6.54 Å². The normalized spacial score (nSPS) is 17.2. The number of allylic oxidation sites excluding steroid dienone is 2. The highest BCUT2D eigenvalue weighted by Crippen LogP contribution is 2.22. The van der Waals surface area contributed by atoms with Gasteiger partial charge in [-0.2, -0.15) is 0 Å². The van der Waals surface area contributed by atoms with Crippen LogP contribution in [0.2, 0.25) is 0 Å². The van der Waals surface area contributed by atoms with Gasteiger partial charge in [-0.1, -0.05) is 42.5 Å². The first-order valence-electron chi connectivity index (χ1n) is 7.86. The van der Waals surface area contributed by atoms with Crippen LogP contribution in [0, 0.1) is 5.92 Å². The molecule has 118 valence electrons. The van der Waals surface area contributed by atoms with Gasteiger partial charge in [-0.15, -0.1) is 0 Å². The molecule has 0 aromatic heterocycles. The minimum absolute atomic E-state index is 0.0403. The Kier molecular flexibility index (Phi) is 6.19. The average molecular weight is 301 g/mol. The number of carbonyl (C=O) groups excluding carboxylic acids is 1. The minimum atomic E-state index is -0.812. The summed E-state index contributed by atoms with van der Waals surface area (Å²) in [6, 6.07) is 9.86. The van der Waals surface area contributed by atoms with Crippen LogP contribution in [0.15, 0.2) is 42.5 Å². The van der Waals surface area contributed by atoms with Crippen LogP contribution in [0.5, 0.6) is 0 Å². The van der Waals surface area contributed by atoms with E-state index in [0.717, 1.165) is 24.8 Å². The first kappa shape index (κ1) is 16.3. The van der Waals surface area contributed by atoms with Gasteiger partial charge in [0.05, 0.1) is 0 Å². The van der Waals surface area contributed by atoms with Gasteiger partial charge in [-0.05, 0) is 31.2 Å². The predicted octanol–water partition coefficient (Wildman–Crippen LogP) is 3.24. The lowest BCUT2D eigenvalue weighted by Gasteiger charge is -2.28. The van der Waals surface area contributed by atoms with Gasteiger partial charge in [-0.3, -0.25) is 9.59 Å². The van der Waals surface area contributed by atoms with E-state index in [4.69, 9.17) is 5.11 Å². The molecule has 0 aliphatic heterocycles. The number of hydrogen-bond acceptors (Lipinski definition) is 2. The number of rotatable bonds is 7. The van der Waals surface area contributed by atoms with Crippen LogP contribution in [-0.2, 0) is 16.1 Å². The van der Waals surface area contributed by atoms with Crippen LogP contribution >= 0.6 is 0 Å². The molecule has 0 bridgehead atoms. The molecule has 0 saturated heterocycles. The quantitative estimate of drug-likeness (QED) is 0.787. The van der Waals surface area contributed by atoms with Crippen molar-refractivity contribution in [3.63, 3.8) is 0 Å². The van der Waals surface area contributed by atoms with Gasteiger partial charge in [0, 0.05) is 25.4 Å². The SMILES string of the molecule is O=C(O)CCCN(Cc1ccccc1)C(=O)C1CC=CCC1. The lowest BCUT2D eigenvalue weighted by molar-refractivity contribution is -0.139. The van der Waals surface area contributed by atoms with E-state index in [2.05, 4.69) is 12.2 Å². The summed E-state index contributed by atoms with van der Waals surface area (Å²) >= 11 is 0. The lowest BCUT2D eigenvalue weighted by atomic mass is 9.93. The largest absolute Gasteiger partial charge is 0.481 e.